The van der Waals surface area contributed by atoms with Crippen LogP contribution >= 0.6 is 11.8 Å². The largest absolute Gasteiger partial charge is 0.481 e. The van der Waals surface area contributed by atoms with E-state index in [1.165, 1.54) is 0 Å². The second-order valence-corrected chi connectivity index (χ2v) is 6.05. The summed E-state index contributed by atoms with van der Waals surface area (Å²) in [6, 6.07) is 0.0529. The van der Waals surface area contributed by atoms with E-state index in [1.807, 2.05) is 0 Å². The van der Waals surface area contributed by atoms with Crippen molar-refractivity contribution in [3.05, 3.63) is 0 Å². The monoisotopic (exact) mass is 288 g/mol. The zero-order chi connectivity index (χ0) is 14.0. The smallest absolute Gasteiger partial charge is 0.317 e. The van der Waals surface area contributed by atoms with Crippen molar-refractivity contribution in [3.63, 3.8) is 0 Å². The standard InChI is InChI=1S/C11H16N2O5S/c14-9(15)5(10(16)17)2-1-3-7-8-6(4-19-7)12-11(18)13-8/h5-8H,1-4H2,(H,14,15)(H,16,17)(H2,12,13,18)/t6-,7-,8-/m0/s1. The van der Waals surface area contributed by atoms with Crippen LogP contribution in [0.1, 0.15) is 19.3 Å². The number of carbonyl (C=O) groups excluding carboxylic acids is 1. The van der Waals surface area contributed by atoms with Crippen molar-refractivity contribution in [2.75, 3.05) is 5.75 Å². The molecule has 3 atom stereocenters. The van der Waals surface area contributed by atoms with E-state index in [9.17, 15) is 14.4 Å². The third-order valence-corrected chi connectivity index (χ3v) is 5.02. The van der Waals surface area contributed by atoms with Crippen LogP contribution in [-0.4, -0.2) is 51.3 Å². The van der Waals surface area contributed by atoms with E-state index in [-0.39, 0.29) is 29.8 Å². The first-order chi connectivity index (χ1) is 8.99. The van der Waals surface area contributed by atoms with Gasteiger partial charge in [-0.1, -0.05) is 6.42 Å². The molecule has 8 heteroatoms. The first-order valence-electron chi connectivity index (χ1n) is 6.13. The van der Waals surface area contributed by atoms with Crippen molar-refractivity contribution < 1.29 is 24.6 Å². The van der Waals surface area contributed by atoms with Crippen LogP contribution in [0.15, 0.2) is 0 Å². The number of rotatable bonds is 6. The van der Waals surface area contributed by atoms with Gasteiger partial charge in [0.15, 0.2) is 5.92 Å². The molecule has 2 amide bonds. The minimum atomic E-state index is -1.33. The highest BCUT2D eigenvalue weighted by Crippen LogP contribution is 2.33. The lowest BCUT2D eigenvalue weighted by Gasteiger charge is -2.17. The highest BCUT2D eigenvalue weighted by atomic mass is 32.2. The van der Waals surface area contributed by atoms with Gasteiger partial charge in [0.25, 0.3) is 0 Å². The Kier molecular flexibility index (Phi) is 4.18. The number of carboxylic acids is 2. The van der Waals surface area contributed by atoms with Crippen molar-refractivity contribution in [1.82, 2.24) is 10.6 Å². The maximum atomic E-state index is 11.2. The highest BCUT2D eigenvalue weighted by Gasteiger charge is 2.42. The predicted octanol–water partition coefficient (Wildman–Crippen LogP) is 0.108. The van der Waals surface area contributed by atoms with Crippen LogP contribution in [0.25, 0.3) is 0 Å². The fourth-order valence-electron chi connectivity index (χ4n) is 2.52. The van der Waals surface area contributed by atoms with Crippen molar-refractivity contribution >= 4 is 29.7 Å². The quantitative estimate of drug-likeness (QED) is 0.407. The van der Waals surface area contributed by atoms with Gasteiger partial charge < -0.3 is 20.8 Å². The number of thioether (sulfide) groups is 1. The molecule has 106 valence electrons. The normalized spacial score (nSPS) is 28.9. The summed E-state index contributed by atoms with van der Waals surface area (Å²) in [6.07, 6.45) is 1.37. The van der Waals surface area contributed by atoms with Gasteiger partial charge in [0.05, 0.1) is 12.1 Å². The molecule has 2 aliphatic rings. The second-order valence-electron chi connectivity index (χ2n) is 4.78. The number of carboxylic acid groups (broad SMARTS) is 2. The molecule has 0 aliphatic carbocycles. The maximum Gasteiger partial charge on any atom is 0.317 e. The average molecular weight is 288 g/mol. The van der Waals surface area contributed by atoms with Gasteiger partial charge in [0, 0.05) is 11.0 Å². The lowest BCUT2D eigenvalue weighted by molar-refractivity contribution is -0.154. The molecule has 0 unspecified atom stereocenters. The number of fused-ring (bicyclic) bond motifs is 1. The molecule has 0 aromatic rings. The summed E-state index contributed by atoms with van der Waals surface area (Å²) in [4.78, 5) is 32.7. The lowest BCUT2D eigenvalue weighted by Crippen LogP contribution is -2.37. The van der Waals surface area contributed by atoms with Crippen LogP contribution in [0.5, 0.6) is 0 Å². The molecule has 0 bridgehead atoms. The van der Waals surface area contributed by atoms with Gasteiger partial charge in [0.1, 0.15) is 0 Å². The minimum absolute atomic E-state index is 0.0746. The lowest BCUT2D eigenvalue weighted by atomic mass is 9.98. The van der Waals surface area contributed by atoms with Gasteiger partial charge in [-0.2, -0.15) is 11.8 Å². The molecule has 2 rings (SSSR count). The van der Waals surface area contributed by atoms with Gasteiger partial charge >= 0.3 is 18.0 Å². The van der Waals surface area contributed by atoms with E-state index in [1.54, 1.807) is 11.8 Å². The first kappa shape index (κ1) is 14.0. The molecule has 0 spiro atoms. The number of hydrogen-bond acceptors (Lipinski definition) is 4. The van der Waals surface area contributed by atoms with Gasteiger partial charge in [0.2, 0.25) is 0 Å². The molecule has 0 radical (unpaired) electrons. The van der Waals surface area contributed by atoms with Crippen LogP contribution in [0.3, 0.4) is 0 Å². The second kappa shape index (κ2) is 5.68. The number of aliphatic carboxylic acids is 2. The van der Waals surface area contributed by atoms with Crippen molar-refractivity contribution in [1.29, 1.82) is 0 Å². The van der Waals surface area contributed by atoms with Crippen molar-refractivity contribution in [2.24, 2.45) is 5.92 Å². The van der Waals surface area contributed by atoms with Crippen LogP contribution < -0.4 is 10.6 Å². The van der Waals surface area contributed by atoms with Crippen LogP contribution in [0, 0.1) is 5.92 Å². The Bertz CT molecular complexity index is 389. The van der Waals surface area contributed by atoms with Crippen molar-refractivity contribution in [2.45, 2.75) is 36.6 Å². The molecule has 7 nitrogen and oxygen atoms in total. The van der Waals surface area contributed by atoms with Gasteiger partial charge in [-0.05, 0) is 12.8 Å². The minimum Gasteiger partial charge on any atom is -0.481 e. The first-order valence-corrected chi connectivity index (χ1v) is 7.18. The highest BCUT2D eigenvalue weighted by molar-refractivity contribution is 8.00. The molecule has 2 fully saturated rings. The summed E-state index contributed by atoms with van der Waals surface area (Å²) in [5, 5.41) is 23.4. The Hall–Kier alpha value is -1.44. The van der Waals surface area contributed by atoms with E-state index in [0.717, 1.165) is 5.75 Å². The van der Waals surface area contributed by atoms with Gasteiger partial charge in [-0.25, -0.2) is 4.79 Å². The fraction of sp³-hybridized carbons (Fsp3) is 0.727. The molecule has 19 heavy (non-hydrogen) atoms. The SMILES string of the molecule is O=C1N[C@H]2[C@H](CS[C@H]2CCCC(C(=O)O)C(=O)O)N1. The summed E-state index contributed by atoms with van der Waals surface area (Å²) >= 11 is 1.73. The Morgan fingerprint density at radius 1 is 1.32 bits per heavy atom. The molecular weight excluding hydrogens is 272 g/mol. The fourth-order valence-corrected chi connectivity index (χ4v) is 4.06. The van der Waals surface area contributed by atoms with Crippen LogP contribution in [0.4, 0.5) is 4.79 Å². The molecule has 4 N–H and O–H groups in total. The molecule has 2 aliphatic heterocycles. The van der Waals surface area contributed by atoms with Gasteiger partial charge in [-0.3, -0.25) is 9.59 Å². The Morgan fingerprint density at radius 3 is 2.63 bits per heavy atom. The molecular formula is C11H16N2O5S. The van der Waals surface area contributed by atoms with Crippen LogP contribution in [-0.2, 0) is 9.59 Å². The average Bonchev–Trinajstić information content (AvgIpc) is 2.83. The third kappa shape index (κ3) is 3.12. The molecule has 0 aromatic heterocycles. The Balaban J connectivity index is 1.78. The van der Waals surface area contributed by atoms with E-state index in [2.05, 4.69) is 10.6 Å². The summed E-state index contributed by atoms with van der Waals surface area (Å²) < 4.78 is 0. The topological polar surface area (TPSA) is 116 Å². The van der Waals surface area contributed by atoms with Crippen molar-refractivity contribution in [3.8, 4) is 0 Å². The summed E-state index contributed by atoms with van der Waals surface area (Å²) in [7, 11) is 0. The third-order valence-electron chi connectivity index (χ3n) is 3.52. The number of hydrogen-bond donors (Lipinski definition) is 4. The maximum absolute atomic E-state index is 11.2. The van der Waals surface area contributed by atoms with Gasteiger partial charge in [-0.15, -0.1) is 0 Å². The number of nitrogens with one attached hydrogen (secondary N) is 2. The van der Waals surface area contributed by atoms with Crippen LogP contribution in [0.2, 0.25) is 0 Å². The van der Waals surface area contributed by atoms with E-state index in [4.69, 9.17) is 10.2 Å². The zero-order valence-electron chi connectivity index (χ0n) is 10.2. The molecule has 0 aromatic carbocycles. The molecule has 2 heterocycles. The predicted molar refractivity (Wildman–Crippen MR) is 68.1 cm³/mol. The molecule has 0 saturated carbocycles. The van der Waals surface area contributed by atoms with E-state index < -0.39 is 17.9 Å². The van der Waals surface area contributed by atoms with E-state index in [0.29, 0.717) is 12.8 Å². The summed E-state index contributed by atoms with van der Waals surface area (Å²) in [5.74, 6) is -3.07. The summed E-state index contributed by atoms with van der Waals surface area (Å²) in [6.45, 7) is 0. The number of amides is 2. The number of urea groups is 1. The summed E-state index contributed by atoms with van der Waals surface area (Å²) in [5.41, 5.74) is 0. The number of carbonyl (C=O) groups is 3. The Labute approximate surface area is 114 Å². The Morgan fingerprint density at radius 2 is 2.00 bits per heavy atom. The van der Waals surface area contributed by atoms with E-state index >= 15 is 0 Å². The zero-order valence-corrected chi connectivity index (χ0v) is 11.0. The molecule has 2 saturated heterocycles.